The normalized spacial score (nSPS) is 13.6. The van der Waals surface area contributed by atoms with Crippen LogP contribution in [0.5, 0.6) is 0 Å². The second-order valence-electron chi connectivity index (χ2n) is 7.43. The molecule has 1 heterocycles. The number of hydrogen-bond acceptors (Lipinski definition) is 4. The number of halogens is 1. The van der Waals surface area contributed by atoms with Crippen LogP contribution in [0.25, 0.3) is 0 Å². The van der Waals surface area contributed by atoms with Crippen LogP contribution in [-0.4, -0.2) is 23.5 Å². The van der Waals surface area contributed by atoms with E-state index in [-0.39, 0.29) is 0 Å². The number of rotatable bonds is 9. The van der Waals surface area contributed by atoms with E-state index < -0.39 is 0 Å². The average Bonchev–Trinajstić information content (AvgIpc) is 3.49. The topological polar surface area (TPSA) is 52.0 Å². The van der Waals surface area contributed by atoms with Crippen LogP contribution < -0.4 is 5.32 Å². The number of hydrogen-bond donors (Lipinski definition) is 1. The highest BCUT2D eigenvalue weighted by Crippen LogP contribution is 2.42. The highest BCUT2D eigenvalue weighted by atomic mass is 35.5. The van der Waals surface area contributed by atoms with E-state index in [2.05, 4.69) is 34.4 Å². The Balaban J connectivity index is 1.70. The number of unbranched alkanes of at least 4 members (excludes halogenated alkanes) is 2. The van der Waals surface area contributed by atoms with Crippen molar-refractivity contribution in [1.29, 1.82) is 5.26 Å². The second kappa shape index (κ2) is 9.21. The third-order valence-corrected chi connectivity index (χ3v) is 5.50. The lowest BCUT2D eigenvalue weighted by Crippen LogP contribution is -2.20. The van der Waals surface area contributed by atoms with Gasteiger partial charge >= 0.3 is 0 Å². The average molecular weight is 383 g/mol. The van der Waals surface area contributed by atoms with Crippen LogP contribution in [0.2, 0.25) is 5.02 Å². The number of nitrogens with one attached hydrogen (secondary N) is 1. The van der Waals surface area contributed by atoms with Crippen LogP contribution in [0.4, 0.5) is 11.5 Å². The molecule has 142 valence electrons. The Hall–Kier alpha value is -2.09. The molecular weight excluding hydrogens is 356 g/mol. The first-order valence-electron chi connectivity index (χ1n) is 9.65. The first kappa shape index (κ1) is 19.7. The highest BCUT2D eigenvalue weighted by Gasteiger charge is 2.27. The van der Waals surface area contributed by atoms with Gasteiger partial charge in [-0.2, -0.15) is 5.26 Å². The van der Waals surface area contributed by atoms with E-state index in [9.17, 15) is 0 Å². The summed E-state index contributed by atoms with van der Waals surface area (Å²) in [6.07, 6.45) is 7.21. The Morgan fingerprint density at radius 1 is 1.33 bits per heavy atom. The SMILES string of the molecule is Cc1c(Cl)cccc1Nc1cc(C2CC2)c(CN(C)CCCCC#N)cn1. The minimum atomic E-state index is 0.645. The zero-order valence-corrected chi connectivity index (χ0v) is 16.9. The van der Waals surface area contributed by atoms with Gasteiger partial charge in [0.25, 0.3) is 0 Å². The summed E-state index contributed by atoms with van der Waals surface area (Å²) in [6.45, 7) is 3.93. The molecule has 1 saturated carbocycles. The van der Waals surface area contributed by atoms with Crippen molar-refractivity contribution < 1.29 is 0 Å². The van der Waals surface area contributed by atoms with E-state index in [4.69, 9.17) is 16.9 Å². The number of nitrogens with zero attached hydrogens (tertiary/aromatic N) is 3. The van der Waals surface area contributed by atoms with Crippen molar-refractivity contribution >= 4 is 23.1 Å². The fourth-order valence-electron chi connectivity index (χ4n) is 3.31. The molecule has 0 amide bonds. The van der Waals surface area contributed by atoms with Crippen LogP contribution in [0.3, 0.4) is 0 Å². The molecule has 2 aromatic rings. The number of nitriles is 1. The molecule has 0 bridgehead atoms. The highest BCUT2D eigenvalue weighted by molar-refractivity contribution is 6.31. The van der Waals surface area contributed by atoms with E-state index in [0.29, 0.717) is 12.3 Å². The third kappa shape index (κ3) is 5.45. The molecule has 0 radical (unpaired) electrons. The van der Waals surface area contributed by atoms with Gasteiger partial charge in [-0.25, -0.2) is 4.98 Å². The van der Waals surface area contributed by atoms with Crippen molar-refractivity contribution in [3.05, 3.63) is 52.2 Å². The molecule has 3 rings (SSSR count). The van der Waals surface area contributed by atoms with Gasteiger partial charge < -0.3 is 10.2 Å². The maximum Gasteiger partial charge on any atom is 0.130 e. The van der Waals surface area contributed by atoms with Crippen molar-refractivity contribution in [2.75, 3.05) is 18.9 Å². The molecular formula is C22H27ClN4. The summed E-state index contributed by atoms with van der Waals surface area (Å²) in [5, 5.41) is 12.8. The maximum atomic E-state index is 8.65. The second-order valence-corrected chi connectivity index (χ2v) is 7.84. The van der Waals surface area contributed by atoms with Crippen molar-refractivity contribution in [3.63, 3.8) is 0 Å². The Morgan fingerprint density at radius 2 is 2.15 bits per heavy atom. The van der Waals surface area contributed by atoms with Crippen LogP contribution in [0.1, 0.15) is 54.7 Å². The van der Waals surface area contributed by atoms with Crippen LogP contribution >= 0.6 is 11.6 Å². The first-order valence-corrected chi connectivity index (χ1v) is 10.0. The van der Waals surface area contributed by atoms with Crippen LogP contribution in [-0.2, 0) is 6.54 Å². The predicted octanol–water partition coefficient (Wildman–Crippen LogP) is 5.79. The maximum absolute atomic E-state index is 8.65. The monoisotopic (exact) mass is 382 g/mol. The van der Waals surface area contributed by atoms with Crippen molar-refractivity contribution in [3.8, 4) is 6.07 Å². The van der Waals surface area contributed by atoms with Gasteiger partial charge in [0.15, 0.2) is 0 Å². The van der Waals surface area contributed by atoms with Gasteiger partial charge in [0.1, 0.15) is 5.82 Å². The first-order chi connectivity index (χ1) is 13.1. The molecule has 1 N–H and O–H groups in total. The molecule has 1 aliphatic carbocycles. The zero-order valence-electron chi connectivity index (χ0n) is 16.1. The standard InChI is InChI=1S/C22H27ClN4/c1-16-20(23)7-6-8-21(16)26-22-13-19(17-9-10-17)18(14-25-22)15-27(2)12-5-3-4-11-24/h6-8,13-14,17H,3-5,9-10,12,15H2,1-2H3,(H,25,26). The third-order valence-electron chi connectivity index (χ3n) is 5.09. The number of pyridine rings is 1. The van der Waals surface area contributed by atoms with Crippen molar-refractivity contribution in [1.82, 2.24) is 9.88 Å². The van der Waals surface area contributed by atoms with E-state index in [1.807, 2.05) is 31.3 Å². The number of aromatic nitrogens is 1. The molecule has 0 saturated heterocycles. The molecule has 1 aromatic carbocycles. The molecule has 4 nitrogen and oxygen atoms in total. The van der Waals surface area contributed by atoms with Gasteiger partial charge in [-0.15, -0.1) is 0 Å². The lowest BCUT2D eigenvalue weighted by Gasteiger charge is -2.19. The van der Waals surface area contributed by atoms with Crippen molar-refractivity contribution in [2.45, 2.75) is 51.5 Å². The minimum Gasteiger partial charge on any atom is -0.340 e. The molecule has 0 atom stereocenters. The minimum absolute atomic E-state index is 0.645. The summed E-state index contributed by atoms with van der Waals surface area (Å²) in [7, 11) is 2.14. The van der Waals surface area contributed by atoms with E-state index >= 15 is 0 Å². The largest absolute Gasteiger partial charge is 0.340 e. The summed E-state index contributed by atoms with van der Waals surface area (Å²) in [5.74, 6) is 1.54. The molecule has 1 aliphatic rings. The smallest absolute Gasteiger partial charge is 0.130 e. The predicted molar refractivity (Wildman–Crippen MR) is 111 cm³/mol. The molecule has 1 aromatic heterocycles. The number of benzene rings is 1. The van der Waals surface area contributed by atoms with Gasteiger partial charge in [-0.1, -0.05) is 17.7 Å². The van der Waals surface area contributed by atoms with Crippen LogP contribution in [0.15, 0.2) is 30.5 Å². The summed E-state index contributed by atoms with van der Waals surface area (Å²) in [5.41, 5.74) is 4.76. The van der Waals surface area contributed by atoms with Gasteiger partial charge in [0.05, 0.1) is 6.07 Å². The summed E-state index contributed by atoms with van der Waals surface area (Å²) >= 11 is 6.23. The molecule has 27 heavy (non-hydrogen) atoms. The van der Waals surface area contributed by atoms with E-state index in [0.717, 1.165) is 48.0 Å². The Bertz CT molecular complexity index is 824. The number of anilines is 2. The van der Waals surface area contributed by atoms with Gasteiger partial charge in [-0.3, -0.25) is 0 Å². The van der Waals surface area contributed by atoms with Crippen LogP contribution in [0, 0.1) is 18.3 Å². The zero-order chi connectivity index (χ0) is 19.2. The quantitative estimate of drug-likeness (QED) is 0.557. The molecule has 0 aliphatic heterocycles. The van der Waals surface area contributed by atoms with Crippen molar-refractivity contribution in [2.24, 2.45) is 0 Å². The molecule has 0 spiro atoms. The Labute approximate surface area is 167 Å². The summed E-state index contributed by atoms with van der Waals surface area (Å²) < 4.78 is 0. The molecule has 0 unspecified atom stereocenters. The molecule has 5 heteroatoms. The fraction of sp³-hybridized carbons (Fsp3) is 0.455. The Kier molecular flexibility index (Phi) is 6.71. The summed E-state index contributed by atoms with van der Waals surface area (Å²) in [6, 6.07) is 10.3. The van der Waals surface area contributed by atoms with Gasteiger partial charge in [0.2, 0.25) is 0 Å². The van der Waals surface area contributed by atoms with E-state index in [1.165, 1.54) is 24.0 Å². The Morgan fingerprint density at radius 3 is 2.89 bits per heavy atom. The summed E-state index contributed by atoms with van der Waals surface area (Å²) in [4.78, 5) is 6.98. The van der Waals surface area contributed by atoms with Gasteiger partial charge in [-0.05, 0) is 87.0 Å². The molecule has 1 fully saturated rings. The van der Waals surface area contributed by atoms with Gasteiger partial charge in [0, 0.05) is 29.9 Å². The fourth-order valence-corrected chi connectivity index (χ4v) is 3.49. The van der Waals surface area contributed by atoms with E-state index in [1.54, 1.807) is 0 Å². The lowest BCUT2D eigenvalue weighted by atomic mass is 10.0. The lowest BCUT2D eigenvalue weighted by molar-refractivity contribution is 0.318.